The van der Waals surface area contributed by atoms with E-state index in [-0.39, 0.29) is 0 Å². The lowest BCUT2D eigenvalue weighted by molar-refractivity contribution is 1.36. The highest BCUT2D eigenvalue weighted by Gasteiger charge is 2.08. The summed E-state index contributed by atoms with van der Waals surface area (Å²) in [6, 6.07) is 16.4. The molecule has 3 rings (SSSR count). The van der Waals surface area contributed by atoms with Crippen molar-refractivity contribution < 1.29 is 0 Å². The normalized spacial score (nSPS) is 11.6. The third-order valence-corrected chi connectivity index (χ3v) is 4.60. The van der Waals surface area contributed by atoms with Gasteiger partial charge in [-0.3, -0.25) is 0 Å². The molecule has 0 N–H and O–H groups in total. The standard InChI is InChI=1S/C17H12BrNS2/c18-14-3-1-2-12(10-14)11-16(17-19-8-9-21-17)13-4-6-15(20)7-5-13/h1-11,20H/b16-11-. The van der Waals surface area contributed by atoms with E-state index in [0.29, 0.717) is 0 Å². The number of thiazole rings is 1. The average molecular weight is 374 g/mol. The van der Waals surface area contributed by atoms with Gasteiger partial charge < -0.3 is 0 Å². The quantitative estimate of drug-likeness (QED) is 0.453. The first-order valence-corrected chi connectivity index (χ1v) is 8.51. The van der Waals surface area contributed by atoms with Gasteiger partial charge in [-0.15, -0.1) is 24.0 Å². The Hall–Kier alpha value is -1.36. The molecule has 3 aromatic rings. The Labute approximate surface area is 141 Å². The molecule has 2 aromatic carbocycles. The third kappa shape index (κ3) is 3.64. The highest BCUT2D eigenvalue weighted by molar-refractivity contribution is 9.10. The van der Waals surface area contributed by atoms with E-state index in [1.165, 1.54) is 0 Å². The predicted octanol–water partition coefficient (Wildman–Crippen LogP) is 5.78. The second-order valence-electron chi connectivity index (χ2n) is 4.50. The zero-order chi connectivity index (χ0) is 14.7. The summed E-state index contributed by atoms with van der Waals surface area (Å²) in [7, 11) is 0. The van der Waals surface area contributed by atoms with Gasteiger partial charge >= 0.3 is 0 Å². The summed E-state index contributed by atoms with van der Waals surface area (Å²) in [4.78, 5) is 5.41. The van der Waals surface area contributed by atoms with Crippen molar-refractivity contribution in [3.63, 3.8) is 0 Å². The van der Waals surface area contributed by atoms with Gasteiger partial charge in [0.15, 0.2) is 0 Å². The van der Waals surface area contributed by atoms with Gasteiger partial charge in [0.25, 0.3) is 0 Å². The summed E-state index contributed by atoms with van der Waals surface area (Å²) in [5.41, 5.74) is 3.41. The zero-order valence-electron chi connectivity index (χ0n) is 11.0. The third-order valence-electron chi connectivity index (χ3n) is 3.00. The fourth-order valence-electron chi connectivity index (χ4n) is 2.03. The second-order valence-corrected chi connectivity index (χ2v) is 6.82. The van der Waals surface area contributed by atoms with Crippen LogP contribution in [0.15, 0.2) is 69.5 Å². The molecule has 1 heterocycles. The van der Waals surface area contributed by atoms with E-state index < -0.39 is 0 Å². The Kier molecular flexibility index (Phi) is 4.58. The number of hydrogen-bond acceptors (Lipinski definition) is 3. The number of rotatable bonds is 3. The lowest BCUT2D eigenvalue weighted by Crippen LogP contribution is -1.87. The van der Waals surface area contributed by atoms with Crippen LogP contribution in [0.5, 0.6) is 0 Å². The SMILES string of the molecule is Sc1ccc(/C(=C/c2cccc(Br)c2)c2nccs2)cc1. The Bertz CT molecular complexity index is 762. The highest BCUT2D eigenvalue weighted by atomic mass is 79.9. The molecule has 0 atom stereocenters. The molecule has 0 spiro atoms. The number of thiol groups is 1. The van der Waals surface area contributed by atoms with Gasteiger partial charge in [0.2, 0.25) is 0 Å². The molecule has 0 saturated heterocycles. The van der Waals surface area contributed by atoms with Crippen LogP contribution in [0.4, 0.5) is 0 Å². The van der Waals surface area contributed by atoms with E-state index >= 15 is 0 Å². The summed E-state index contributed by atoms with van der Waals surface area (Å²) in [5, 5.41) is 3.01. The van der Waals surface area contributed by atoms with E-state index in [2.05, 4.69) is 63.9 Å². The number of aromatic nitrogens is 1. The molecule has 4 heteroatoms. The molecule has 0 bridgehead atoms. The Balaban J connectivity index is 2.11. The Morgan fingerprint density at radius 1 is 1.14 bits per heavy atom. The molecule has 0 aliphatic rings. The van der Waals surface area contributed by atoms with Crippen LogP contribution in [-0.4, -0.2) is 4.98 Å². The summed E-state index contributed by atoms with van der Waals surface area (Å²) < 4.78 is 1.07. The van der Waals surface area contributed by atoms with Crippen LogP contribution in [-0.2, 0) is 0 Å². The van der Waals surface area contributed by atoms with Crippen molar-refractivity contribution in [3.8, 4) is 0 Å². The average Bonchev–Trinajstić information content (AvgIpc) is 3.00. The fraction of sp³-hybridized carbons (Fsp3) is 0. The van der Waals surface area contributed by atoms with Crippen molar-refractivity contribution in [2.24, 2.45) is 0 Å². The van der Waals surface area contributed by atoms with Gasteiger partial charge in [-0.25, -0.2) is 4.98 Å². The second kappa shape index (κ2) is 6.60. The van der Waals surface area contributed by atoms with Gasteiger partial charge in [-0.2, -0.15) is 0 Å². The molecule has 0 aliphatic carbocycles. The van der Waals surface area contributed by atoms with E-state index in [1.54, 1.807) is 11.3 Å². The minimum atomic E-state index is 0.958. The van der Waals surface area contributed by atoms with E-state index in [9.17, 15) is 0 Å². The molecular formula is C17H12BrNS2. The lowest BCUT2D eigenvalue weighted by atomic mass is 10.0. The van der Waals surface area contributed by atoms with E-state index in [1.807, 2.05) is 35.8 Å². The maximum atomic E-state index is 4.45. The number of hydrogen-bond donors (Lipinski definition) is 1. The molecular weight excluding hydrogens is 362 g/mol. The van der Waals surface area contributed by atoms with Crippen LogP contribution >= 0.6 is 39.9 Å². The molecule has 0 fully saturated rings. The van der Waals surface area contributed by atoms with E-state index in [4.69, 9.17) is 0 Å². The van der Waals surface area contributed by atoms with Gasteiger partial charge in [0.05, 0.1) is 0 Å². The van der Waals surface area contributed by atoms with Crippen LogP contribution in [0.2, 0.25) is 0 Å². The van der Waals surface area contributed by atoms with Crippen LogP contribution in [0.1, 0.15) is 16.1 Å². The van der Waals surface area contributed by atoms with Crippen LogP contribution in [0.3, 0.4) is 0 Å². The molecule has 21 heavy (non-hydrogen) atoms. The Morgan fingerprint density at radius 2 is 1.95 bits per heavy atom. The van der Waals surface area contributed by atoms with Crippen molar-refractivity contribution in [3.05, 3.63) is 80.7 Å². The van der Waals surface area contributed by atoms with Crippen molar-refractivity contribution in [2.45, 2.75) is 4.90 Å². The van der Waals surface area contributed by atoms with Crippen LogP contribution in [0.25, 0.3) is 11.6 Å². The maximum absolute atomic E-state index is 4.45. The first-order chi connectivity index (χ1) is 10.2. The van der Waals surface area contributed by atoms with Gasteiger partial charge in [-0.05, 0) is 41.5 Å². The minimum absolute atomic E-state index is 0.958. The van der Waals surface area contributed by atoms with Crippen molar-refractivity contribution >= 4 is 51.5 Å². The molecule has 1 nitrogen and oxygen atoms in total. The zero-order valence-corrected chi connectivity index (χ0v) is 14.3. The first-order valence-electron chi connectivity index (χ1n) is 6.39. The maximum Gasteiger partial charge on any atom is 0.123 e. The predicted molar refractivity (Wildman–Crippen MR) is 96.9 cm³/mol. The molecule has 0 radical (unpaired) electrons. The fourth-order valence-corrected chi connectivity index (χ4v) is 3.27. The molecule has 104 valence electrons. The molecule has 0 unspecified atom stereocenters. The van der Waals surface area contributed by atoms with Crippen LogP contribution in [0, 0.1) is 0 Å². The summed E-state index contributed by atoms with van der Waals surface area (Å²) in [6.45, 7) is 0. The summed E-state index contributed by atoms with van der Waals surface area (Å²) >= 11 is 9.51. The van der Waals surface area contributed by atoms with E-state index in [0.717, 1.165) is 31.1 Å². The van der Waals surface area contributed by atoms with Crippen LogP contribution < -0.4 is 0 Å². The van der Waals surface area contributed by atoms with Gasteiger partial charge in [-0.1, -0.05) is 40.2 Å². The van der Waals surface area contributed by atoms with Gasteiger partial charge in [0.1, 0.15) is 5.01 Å². The molecule has 0 saturated carbocycles. The minimum Gasteiger partial charge on any atom is -0.245 e. The smallest absolute Gasteiger partial charge is 0.123 e. The Morgan fingerprint density at radius 3 is 2.62 bits per heavy atom. The number of nitrogens with zero attached hydrogens (tertiary/aromatic N) is 1. The number of benzene rings is 2. The summed E-state index contributed by atoms with van der Waals surface area (Å²) in [5.74, 6) is 0. The first kappa shape index (κ1) is 14.6. The van der Waals surface area contributed by atoms with Crippen molar-refractivity contribution in [1.29, 1.82) is 0 Å². The monoisotopic (exact) mass is 373 g/mol. The lowest BCUT2D eigenvalue weighted by Gasteiger charge is -2.06. The largest absolute Gasteiger partial charge is 0.245 e. The molecule has 0 aliphatic heterocycles. The summed E-state index contributed by atoms with van der Waals surface area (Å²) in [6.07, 6.45) is 4.00. The molecule has 0 amide bonds. The van der Waals surface area contributed by atoms with Crippen molar-refractivity contribution in [1.82, 2.24) is 4.98 Å². The van der Waals surface area contributed by atoms with Crippen molar-refractivity contribution in [2.75, 3.05) is 0 Å². The molecule has 1 aromatic heterocycles. The highest BCUT2D eigenvalue weighted by Crippen LogP contribution is 2.28. The number of halogens is 1. The topological polar surface area (TPSA) is 12.9 Å². The van der Waals surface area contributed by atoms with Gasteiger partial charge in [0, 0.05) is 26.5 Å².